The molecule has 0 aliphatic carbocycles. The second-order valence-corrected chi connectivity index (χ2v) is 3.59. The van der Waals surface area contributed by atoms with E-state index in [9.17, 15) is 22.0 Å². The van der Waals surface area contributed by atoms with Gasteiger partial charge in [-0.3, -0.25) is 0 Å². The minimum atomic E-state index is -2.14. The second kappa shape index (κ2) is 6.54. The van der Waals surface area contributed by atoms with Gasteiger partial charge < -0.3 is 5.32 Å². The molecule has 1 aromatic rings. The summed E-state index contributed by atoms with van der Waals surface area (Å²) in [4.78, 5) is 0. The minimum Gasteiger partial charge on any atom is -0.317 e. The standard InChI is InChI=1S/C6HF5.C5H11N/c7-2-1-3(8)5(10)6(11)4(2)9;1-2-4-6-5-3-1/h1H;6H,1-5H2. The summed E-state index contributed by atoms with van der Waals surface area (Å²) in [6.07, 6.45) is 4.22. The van der Waals surface area contributed by atoms with E-state index in [2.05, 4.69) is 5.32 Å². The zero-order chi connectivity index (χ0) is 12.8. The highest BCUT2D eigenvalue weighted by molar-refractivity contribution is 5.12. The maximum atomic E-state index is 12.0. The van der Waals surface area contributed by atoms with Crippen molar-refractivity contribution in [2.75, 3.05) is 13.1 Å². The third kappa shape index (κ3) is 3.96. The molecule has 1 fully saturated rings. The van der Waals surface area contributed by atoms with Crippen molar-refractivity contribution >= 4 is 0 Å². The Bertz CT molecular complexity index is 339. The first-order chi connectivity index (χ1) is 8.04. The van der Waals surface area contributed by atoms with Crippen molar-refractivity contribution < 1.29 is 22.0 Å². The predicted molar refractivity (Wildman–Crippen MR) is 53.0 cm³/mol. The van der Waals surface area contributed by atoms with E-state index in [4.69, 9.17) is 0 Å². The lowest BCUT2D eigenvalue weighted by Gasteiger charge is -2.08. The Hall–Kier alpha value is -1.17. The molecule has 6 heteroatoms. The predicted octanol–water partition coefficient (Wildman–Crippen LogP) is 3.14. The summed E-state index contributed by atoms with van der Waals surface area (Å²) in [5.74, 6) is -9.65. The van der Waals surface area contributed by atoms with Gasteiger partial charge in [0.05, 0.1) is 0 Å². The topological polar surface area (TPSA) is 12.0 Å². The number of hydrogen-bond acceptors (Lipinski definition) is 1. The summed E-state index contributed by atoms with van der Waals surface area (Å²) in [7, 11) is 0. The van der Waals surface area contributed by atoms with Crippen LogP contribution in [0.1, 0.15) is 19.3 Å². The van der Waals surface area contributed by atoms with E-state index >= 15 is 0 Å². The smallest absolute Gasteiger partial charge is 0.200 e. The number of piperidine rings is 1. The van der Waals surface area contributed by atoms with Gasteiger partial charge in [-0.05, 0) is 25.9 Å². The van der Waals surface area contributed by atoms with Crippen LogP contribution in [0.25, 0.3) is 0 Å². The van der Waals surface area contributed by atoms with Crippen molar-refractivity contribution in [1.29, 1.82) is 0 Å². The molecule has 0 radical (unpaired) electrons. The average Bonchev–Trinajstić information content (AvgIpc) is 2.37. The van der Waals surface area contributed by atoms with Gasteiger partial charge in [0.25, 0.3) is 0 Å². The van der Waals surface area contributed by atoms with Crippen molar-refractivity contribution in [1.82, 2.24) is 5.32 Å². The number of halogens is 5. The van der Waals surface area contributed by atoms with Crippen LogP contribution in [0.15, 0.2) is 6.07 Å². The highest BCUT2D eigenvalue weighted by Gasteiger charge is 2.18. The van der Waals surface area contributed by atoms with Crippen molar-refractivity contribution in [3.8, 4) is 0 Å². The zero-order valence-electron chi connectivity index (χ0n) is 9.00. The number of benzene rings is 1. The van der Waals surface area contributed by atoms with Crippen molar-refractivity contribution in [3.05, 3.63) is 35.2 Å². The lowest BCUT2D eigenvalue weighted by Crippen LogP contribution is -2.21. The molecule has 96 valence electrons. The minimum absolute atomic E-state index is 0.0618. The van der Waals surface area contributed by atoms with Crippen LogP contribution < -0.4 is 5.32 Å². The van der Waals surface area contributed by atoms with Gasteiger partial charge in [-0.15, -0.1) is 0 Å². The molecule has 0 unspecified atom stereocenters. The molecule has 1 aromatic carbocycles. The summed E-state index contributed by atoms with van der Waals surface area (Å²) in [6, 6.07) is -0.0618. The molecule has 1 saturated heterocycles. The lowest BCUT2D eigenvalue weighted by atomic mass is 10.2. The van der Waals surface area contributed by atoms with Gasteiger partial charge in [0, 0.05) is 6.07 Å². The summed E-state index contributed by atoms with van der Waals surface area (Å²) >= 11 is 0. The Morgan fingerprint density at radius 1 is 0.706 bits per heavy atom. The molecule has 0 aromatic heterocycles. The molecule has 17 heavy (non-hydrogen) atoms. The largest absolute Gasteiger partial charge is 0.317 e. The molecule has 1 aliphatic rings. The van der Waals surface area contributed by atoms with E-state index in [1.807, 2.05) is 0 Å². The SMILES string of the molecule is C1CCNCC1.Fc1cc(F)c(F)c(F)c1F. The molecular formula is C11H12F5N. The van der Waals surface area contributed by atoms with E-state index < -0.39 is 29.1 Å². The summed E-state index contributed by atoms with van der Waals surface area (Å²) in [5, 5.41) is 3.28. The Balaban J connectivity index is 0.000000202. The molecule has 0 saturated carbocycles. The van der Waals surface area contributed by atoms with Crippen LogP contribution in [0.5, 0.6) is 0 Å². The monoisotopic (exact) mass is 253 g/mol. The lowest BCUT2D eigenvalue weighted by molar-refractivity contribution is 0.378. The van der Waals surface area contributed by atoms with Gasteiger partial charge in [-0.25, -0.2) is 22.0 Å². The first kappa shape index (κ1) is 13.9. The third-order valence-corrected chi connectivity index (χ3v) is 2.27. The Morgan fingerprint density at radius 3 is 1.47 bits per heavy atom. The van der Waals surface area contributed by atoms with Crippen LogP contribution in [0.4, 0.5) is 22.0 Å². The molecule has 0 bridgehead atoms. The van der Waals surface area contributed by atoms with Crippen molar-refractivity contribution in [3.63, 3.8) is 0 Å². The highest BCUT2D eigenvalue weighted by atomic mass is 19.2. The Morgan fingerprint density at radius 2 is 1.18 bits per heavy atom. The zero-order valence-corrected chi connectivity index (χ0v) is 9.00. The van der Waals surface area contributed by atoms with E-state index in [0.29, 0.717) is 0 Å². The van der Waals surface area contributed by atoms with Crippen LogP contribution in [0.2, 0.25) is 0 Å². The first-order valence-corrected chi connectivity index (χ1v) is 5.23. The maximum Gasteiger partial charge on any atom is 0.200 e. The van der Waals surface area contributed by atoms with Gasteiger partial charge in [0.15, 0.2) is 23.3 Å². The molecule has 1 N–H and O–H groups in total. The van der Waals surface area contributed by atoms with Gasteiger partial charge in [-0.1, -0.05) is 6.42 Å². The first-order valence-electron chi connectivity index (χ1n) is 5.23. The maximum absolute atomic E-state index is 12.0. The fourth-order valence-electron chi connectivity index (χ4n) is 1.35. The average molecular weight is 253 g/mol. The number of hydrogen-bond donors (Lipinski definition) is 1. The molecule has 0 spiro atoms. The highest BCUT2D eigenvalue weighted by Crippen LogP contribution is 2.16. The molecule has 1 nitrogen and oxygen atoms in total. The second-order valence-electron chi connectivity index (χ2n) is 3.59. The summed E-state index contributed by atoms with van der Waals surface area (Å²) in [6.45, 7) is 2.50. The van der Waals surface area contributed by atoms with Gasteiger partial charge in [-0.2, -0.15) is 0 Å². The molecule has 1 heterocycles. The Kier molecular flexibility index (Phi) is 5.34. The Labute approximate surface area is 95.6 Å². The van der Waals surface area contributed by atoms with E-state index in [-0.39, 0.29) is 6.07 Å². The fraction of sp³-hybridized carbons (Fsp3) is 0.455. The molecule has 2 rings (SSSR count). The van der Waals surface area contributed by atoms with Crippen LogP contribution >= 0.6 is 0 Å². The summed E-state index contributed by atoms with van der Waals surface area (Å²) < 4.78 is 60.0. The normalized spacial score (nSPS) is 15.1. The van der Waals surface area contributed by atoms with Crippen molar-refractivity contribution in [2.24, 2.45) is 0 Å². The van der Waals surface area contributed by atoms with Crippen LogP contribution in [-0.4, -0.2) is 13.1 Å². The summed E-state index contributed by atoms with van der Waals surface area (Å²) in [5.41, 5.74) is 0. The molecular weight excluding hydrogens is 241 g/mol. The van der Waals surface area contributed by atoms with Gasteiger partial charge in [0.1, 0.15) is 0 Å². The number of nitrogens with one attached hydrogen (secondary N) is 1. The van der Waals surface area contributed by atoms with Crippen LogP contribution in [0, 0.1) is 29.1 Å². The van der Waals surface area contributed by atoms with Crippen LogP contribution in [-0.2, 0) is 0 Å². The van der Waals surface area contributed by atoms with E-state index in [1.54, 1.807) is 0 Å². The molecule has 0 atom stereocenters. The molecule has 1 aliphatic heterocycles. The molecule has 0 amide bonds. The van der Waals surface area contributed by atoms with Crippen molar-refractivity contribution in [2.45, 2.75) is 19.3 Å². The van der Waals surface area contributed by atoms with E-state index in [1.165, 1.54) is 32.4 Å². The van der Waals surface area contributed by atoms with E-state index in [0.717, 1.165) is 0 Å². The number of rotatable bonds is 0. The van der Waals surface area contributed by atoms with Gasteiger partial charge in [0.2, 0.25) is 5.82 Å². The fourth-order valence-corrected chi connectivity index (χ4v) is 1.35. The quantitative estimate of drug-likeness (QED) is 0.425. The van der Waals surface area contributed by atoms with Gasteiger partial charge >= 0.3 is 0 Å². The third-order valence-electron chi connectivity index (χ3n) is 2.27. The van der Waals surface area contributed by atoms with Crippen LogP contribution in [0.3, 0.4) is 0 Å².